The standard InChI is InChI=1S/C22H17Cl2N3O4S/c1-13-8-20-25-16(10-22(29)27(20)31-13)11-30-19-9-15(24)4-7-18(19)26-21(28)12-32-17-5-2-14(23)3-6-17/h2-10H,11-12H2,1H3,(H,26,28). The maximum atomic E-state index is 12.4. The number of benzene rings is 2. The molecule has 10 heteroatoms. The Morgan fingerprint density at radius 2 is 1.88 bits per heavy atom. The number of aromatic nitrogens is 2. The predicted molar refractivity (Wildman–Crippen MR) is 125 cm³/mol. The summed E-state index contributed by atoms with van der Waals surface area (Å²) in [5.74, 6) is 0.943. The molecule has 0 aliphatic carbocycles. The Labute approximate surface area is 197 Å². The fourth-order valence-corrected chi connectivity index (χ4v) is 3.87. The Bertz CT molecular complexity index is 1340. The molecular weight excluding hydrogens is 473 g/mol. The van der Waals surface area contributed by atoms with Crippen molar-refractivity contribution in [2.24, 2.45) is 0 Å². The second kappa shape index (κ2) is 9.68. The molecule has 2 heterocycles. The van der Waals surface area contributed by atoms with E-state index in [0.29, 0.717) is 38.6 Å². The molecule has 7 nitrogen and oxygen atoms in total. The second-order valence-corrected chi connectivity index (χ2v) is 8.73. The highest BCUT2D eigenvalue weighted by Crippen LogP contribution is 2.29. The molecular formula is C22H17Cl2N3O4S. The summed E-state index contributed by atoms with van der Waals surface area (Å²) >= 11 is 13.4. The molecule has 1 amide bonds. The first-order chi connectivity index (χ1) is 15.4. The number of ether oxygens (including phenoxy) is 1. The molecule has 2 aromatic carbocycles. The average molecular weight is 490 g/mol. The SMILES string of the molecule is Cc1cc2nc(COc3cc(Cl)ccc3NC(=O)CSc3ccc(Cl)cc3)cc(=O)n2o1. The quantitative estimate of drug-likeness (QED) is 0.358. The molecule has 4 aromatic rings. The van der Waals surface area contributed by atoms with Gasteiger partial charge in [0, 0.05) is 33.1 Å². The number of aryl methyl sites for hydroxylation is 1. The molecule has 0 aliphatic rings. The Hall–Kier alpha value is -2.94. The number of hydrogen-bond donors (Lipinski definition) is 1. The molecule has 1 N–H and O–H groups in total. The van der Waals surface area contributed by atoms with Crippen LogP contribution in [-0.2, 0) is 11.4 Å². The van der Waals surface area contributed by atoms with Gasteiger partial charge in [0.15, 0.2) is 5.65 Å². The first-order valence-corrected chi connectivity index (χ1v) is 11.2. The molecule has 0 aliphatic heterocycles. The van der Waals surface area contributed by atoms with Gasteiger partial charge in [-0.15, -0.1) is 16.3 Å². The van der Waals surface area contributed by atoms with Crippen molar-refractivity contribution in [3.63, 3.8) is 0 Å². The van der Waals surface area contributed by atoms with Crippen LogP contribution in [-0.4, -0.2) is 21.2 Å². The summed E-state index contributed by atoms with van der Waals surface area (Å²) in [5.41, 5.74) is 0.937. The highest BCUT2D eigenvalue weighted by atomic mass is 35.5. The van der Waals surface area contributed by atoms with Gasteiger partial charge in [-0.1, -0.05) is 23.2 Å². The van der Waals surface area contributed by atoms with Gasteiger partial charge in [0.1, 0.15) is 18.1 Å². The topological polar surface area (TPSA) is 85.8 Å². The molecule has 164 valence electrons. The van der Waals surface area contributed by atoms with Crippen LogP contribution in [0.25, 0.3) is 5.65 Å². The zero-order valence-corrected chi connectivity index (χ0v) is 19.1. The molecule has 0 unspecified atom stereocenters. The molecule has 0 atom stereocenters. The number of halogens is 2. The van der Waals surface area contributed by atoms with E-state index in [1.54, 1.807) is 43.3 Å². The highest BCUT2D eigenvalue weighted by Gasteiger charge is 2.12. The molecule has 0 saturated carbocycles. The van der Waals surface area contributed by atoms with Crippen LogP contribution in [0.15, 0.2) is 68.8 Å². The number of carbonyl (C=O) groups is 1. The summed E-state index contributed by atoms with van der Waals surface area (Å²) in [6.45, 7) is 1.75. The van der Waals surface area contributed by atoms with Crippen LogP contribution in [0.4, 0.5) is 5.69 Å². The smallest absolute Gasteiger partial charge is 0.287 e. The predicted octanol–water partition coefficient (Wildman–Crippen LogP) is 5.21. The third-order valence-electron chi connectivity index (χ3n) is 4.30. The van der Waals surface area contributed by atoms with Gasteiger partial charge in [-0.05, 0) is 43.3 Å². The average Bonchev–Trinajstić information content (AvgIpc) is 3.14. The van der Waals surface area contributed by atoms with Crippen LogP contribution in [0.3, 0.4) is 0 Å². The van der Waals surface area contributed by atoms with Crippen molar-refractivity contribution in [2.45, 2.75) is 18.4 Å². The zero-order chi connectivity index (χ0) is 22.7. The molecule has 0 bridgehead atoms. The molecule has 0 spiro atoms. The molecule has 32 heavy (non-hydrogen) atoms. The van der Waals surface area contributed by atoms with E-state index in [1.165, 1.54) is 17.8 Å². The Morgan fingerprint density at radius 1 is 1.12 bits per heavy atom. The minimum absolute atomic E-state index is 0.0126. The third kappa shape index (κ3) is 5.45. The molecule has 2 aromatic heterocycles. The lowest BCUT2D eigenvalue weighted by Crippen LogP contribution is -2.16. The van der Waals surface area contributed by atoms with Crippen molar-refractivity contribution in [1.82, 2.24) is 9.56 Å². The van der Waals surface area contributed by atoms with Gasteiger partial charge in [0.25, 0.3) is 5.56 Å². The summed E-state index contributed by atoms with van der Waals surface area (Å²) in [7, 11) is 0. The van der Waals surface area contributed by atoms with Gasteiger partial charge >= 0.3 is 0 Å². The van der Waals surface area contributed by atoms with Crippen molar-refractivity contribution in [3.05, 3.63) is 86.5 Å². The van der Waals surface area contributed by atoms with Crippen LogP contribution in [0, 0.1) is 6.92 Å². The number of nitrogens with zero attached hydrogens (tertiary/aromatic N) is 2. The minimum atomic E-state index is -0.347. The van der Waals surface area contributed by atoms with Crippen molar-refractivity contribution >= 4 is 52.2 Å². The van der Waals surface area contributed by atoms with E-state index in [0.717, 1.165) is 9.47 Å². The van der Waals surface area contributed by atoms with Crippen molar-refractivity contribution in [1.29, 1.82) is 0 Å². The fraction of sp³-hybridized carbons (Fsp3) is 0.136. The summed E-state index contributed by atoms with van der Waals surface area (Å²) < 4.78 is 12.2. The van der Waals surface area contributed by atoms with E-state index in [1.807, 2.05) is 12.1 Å². The largest absolute Gasteiger partial charge is 0.485 e. The maximum Gasteiger partial charge on any atom is 0.287 e. The summed E-state index contributed by atoms with van der Waals surface area (Å²) in [6.07, 6.45) is 0. The lowest BCUT2D eigenvalue weighted by atomic mass is 10.3. The first-order valence-electron chi connectivity index (χ1n) is 9.47. The van der Waals surface area contributed by atoms with Crippen LogP contribution >= 0.6 is 35.0 Å². The highest BCUT2D eigenvalue weighted by molar-refractivity contribution is 8.00. The van der Waals surface area contributed by atoms with Crippen LogP contribution in [0.5, 0.6) is 5.75 Å². The molecule has 0 radical (unpaired) electrons. The lowest BCUT2D eigenvalue weighted by molar-refractivity contribution is -0.113. The Balaban J connectivity index is 1.44. The van der Waals surface area contributed by atoms with E-state index in [2.05, 4.69) is 10.3 Å². The van der Waals surface area contributed by atoms with Gasteiger partial charge in [-0.2, -0.15) is 0 Å². The number of carbonyl (C=O) groups excluding carboxylic acids is 1. The zero-order valence-electron chi connectivity index (χ0n) is 16.8. The third-order valence-corrected chi connectivity index (χ3v) is 5.80. The Morgan fingerprint density at radius 3 is 2.66 bits per heavy atom. The number of rotatable bonds is 7. The van der Waals surface area contributed by atoms with Gasteiger partial charge in [0.2, 0.25) is 5.91 Å². The van der Waals surface area contributed by atoms with Crippen LogP contribution in [0.1, 0.15) is 11.5 Å². The first kappa shape index (κ1) is 22.3. The van der Waals surface area contributed by atoms with Crippen LogP contribution in [0.2, 0.25) is 10.0 Å². The minimum Gasteiger partial charge on any atom is -0.485 e. The van der Waals surface area contributed by atoms with Crippen LogP contribution < -0.4 is 15.6 Å². The summed E-state index contributed by atoms with van der Waals surface area (Å²) in [6, 6.07) is 15.2. The van der Waals surface area contributed by atoms with Crippen molar-refractivity contribution < 1.29 is 14.1 Å². The van der Waals surface area contributed by atoms with Gasteiger partial charge in [-0.25, -0.2) is 4.98 Å². The van der Waals surface area contributed by atoms with Gasteiger partial charge in [0.05, 0.1) is 17.1 Å². The number of amides is 1. The van der Waals surface area contributed by atoms with E-state index < -0.39 is 0 Å². The monoisotopic (exact) mass is 489 g/mol. The molecule has 0 fully saturated rings. The lowest BCUT2D eigenvalue weighted by Gasteiger charge is -2.13. The number of fused-ring (bicyclic) bond motifs is 1. The van der Waals surface area contributed by atoms with E-state index in [4.69, 9.17) is 32.5 Å². The molecule has 0 saturated heterocycles. The Kier molecular flexibility index (Phi) is 6.74. The number of anilines is 1. The second-order valence-electron chi connectivity index (χ2n) is 6.80. The normalized spacial score (nSPS) is 11.0. The number of thioether (sulfide) groups is 1. The summed E-state index contributed by atoms with van der Waals surface area (Å²) in [4.78, 5) is 29.9. The van der Waals surface area contributed by atoms with E-state index >= 15 is 0 Å². The maximum absolute atomic E-state index is 12.4. The van der Waals surface area contributed by atoms with Gasteiger partial charge in [-0.3, -0.25) is 9.59 Å². The van der Waals surface area contributed by atoms with Crippen molar-refractivity contribution in [2.75, 3.05) is 11.1 Å². The number of nitrogens with one attached hydrogen (secondary N) is 1. The van der Waals surface area contributed by atoms with Crippen molar-refractivity contribution in [3.8, 4) is 5.75 Å². The molecule has 4 rings (SSSR count). The summed E-state index contributed by atoms with van der Waals surface area (Å²) in [5, 5.41) is 3.92. The number of hydrogen-bond acceptors (Lipinski definition) is 6. The van der Waals surface area contributed by atoms with Gasteiger partial charge < -0.3 is 14.6 Å². The van der Waals surface area contributed by atoms with E-state index in [9.17, 15) is 9.59 Å². The van der Waals surface area contributed by atoms with E-state index in [-0.39, 0.29) is 23.8 Å². The fourth-order valence-electron chi connectivity index (χ4n) is 2.88.